The zero-order chi connectivity index (χ0) is 20.0. The highest BCUT2D eigenvalue weighted by Crippen LogP contribution is 2.22. The van der Waals surface area contributed by atoms with Gasteiger partial charge in [-0.25, -0.2) is 4.39 Å². The van der Waals surface area contributed by atoms with Gasteiger partial charge in [-0.15, -0.1) is 0 Å². The van der Waals surface area contributed by atoms with Crippen molar-refractivity contribution >= 4 is 35.0 Å². The van der Waals surface area contributed by atoms with Crippen molar-refractivity contribution in [1.29, 1.82) is 0 Å². The fraction of sp³-hybridized carbons (Fsp3) is 0.300. The van der Waals surface area contributed by atoms with Crippen LogP contribution < -0.4 is 5.32 Å². The third kappa shape index (κ3) is 5.94. The van der Waals surface area contributed by atoms with Crippen molar-refractivity contribution in [2.75, 3.05) is 6.54 Å². The Morgan fingerprint density at radius 2 is 1.81 bits per heavy atom. The van der Waals surface area contributed by atoms with Crippen LogP contribution in [0.25, 0.3) is 0 Å². The number of halogens is 3. The minimum Gasteiger partial charge on any atom is -0.355 e. The molecule has 0 bridgehead atoms. The maximum Gasteiger partial charge on any atom is 0.242 e. The number of likely N-dealkylation sites (N-methyl/N-ethyl adjacent to an activating group) is 1. The van der Waals surface area contributed by atoms with E-state index in [-0.39, 0.29) is 30.6 Å². The summed E-state index contributed by atoms with van der Waals surface area (Å²) in [6.07, 6.45) is 0.0287. The molecule has 0 aliphatic rings. The predicted octanol–water partition coefficient (Wildman–Crippen LogP) is 4.23. The maximum absolute atomic E-state index is 13.2. The van der Waals surface area contributed by atoms with Crippen molar-refractivity contribution in [3.05, 3.63) is 69.5 Å². The molecular formula is C20H21Cl2FN2O2. The van der Waals surface area contributed by atoms with Gasteiger partial charge in [-0.2, -0.15) is 0 Å². The molecule has 0 saturated heterocycles. The lowest BCUT2D eigenvalue weighted by molar-refractivity contribution is -0.140. The number of nitrogens with zero attached hydrogens (tertiary/aromatic N) is 1. The monoisotopic (exact) mass is 410 g/mol. The molecule has 27 heavy (non-hydrogen) atoms. The largest absolute Gasteiger partial charge is 0.355 e. The first-order valence-corrected chi connectivity index (χ1v) is 9.33. The van der Waals surface area contributed by atoms with E-state index in [1.54, 1.807) is 37.3 Å². The van der Waals surface area contributed by atoms with Crippen molar-refractivity contribution < 1.29 is 14.0 Å². The lowest BCUT2D eigenvalue weighted by atomic mass is 10.1. The molecule has 0 aromatic heterocycles. The van der Waals surface area contributed by atoms with Gasteiger partial charge < -0.3 is 10.2 Å². The van der Waals surface area contributed by atoms with E-state index in [9.17, 15) is 14.0 Å². The van der Waals surface area contributed by atoms with Crippen LogP contribution in [0.3, 0.4) is 0 Å². The Labute approximate surface area is 168 Å². The summed E-state index contributed by atoms with van der Waals surface area (Å²) in [5, 5.41) is 3.60. The molecule has 0 spiro atoms. The van der Waals surface area contributed by atoms with Gasteiger partial charge in [0.1, 0.15) is 11.9 Å². The first-order valence-electron chi connectivity index (χ1n) is 8.57. The smallest absolute Gasteiger partial charge is 0.242 e. The molecule has 0 saturated carbocycles. The molecule has 1 unspecified atom stereocenters. The number of nitrogens with one attached hydrogen (secondary N) is 1. The first kappa shape index (κ1) is 21.2. The summed E-state index contributed by atoms with van der Waals surface area (Å²) in [6.45, 7) is 4.12. The number of amides is 2. The second-order valence-corrected chi connectivity index (χ2v) is 6.97. The molecule has 0 aliphatic carbocycles. The number of hydrogen-bond acceptors (Lipinski definition) is 2. The van der Waals surface area contributed by atoms with Crippen molar-refractivity contribution in [3.8, 4) is 0 Å². The fourth-order valence-corrected chi connectivity index (χ4v) is 3.10. The number of hydrogen-bond donors (Lipinski definition) is 1. The number of benzene rings is 2. The number of carbonyl (C=O) groups is 2. The summed E-state index contributed by atoms with van der Waals surface area (Å²) in [5.41, 5.74) is 1.35. The van der Waals surface area contributed by atoms with Gasteiger partial charge >= 0.3 is 0 Å². The molecule has 7 heteroatoms. The Morgan fingerprint density at radius 3 is 2.41 bits per heavy atom. The Balaban J connectivity index is 2.25. The van der Waals surface area contributed by atoms with Gasteiger partial charge in [0, 0.05) is 23.1 Å². The zero-order valence-electron chi connectivity index (χ0n) is 15.1. The third-order valence-electron chi connectivity index (χ3n) is 4.14. The minimum absolute atomic E-state index is 0.0287. The summed E-state index contributed by atoms with van der Waals surface area (Å²) < 4.78 is 13.2. The van der Waals surface area contributed by atoms with Crippen LogP contribution in [0.1, 0.15) is 25.0 Å². The van der Waals surface area contributed by atoms with E-state index in [0.717, 1.165) is 5.56 Å². The van der Waals surface area contributed by atoms with Crippen LogP contribution in [-0.4, -0.2) is 29.3 Å². The molecule has 144 valence electrons. The average molecular weight is 411 g/mol. The normalized spacial score (nSPS) is 11.7. The van der Waals surface area contributed by atoms with E-state index in [0.29, 0.717) is 22.2 Å². The standard InChI is InChI=1S/C20H21Cl2FN2O2/c1-3-24-20(27)13(2)25(12-14-4-8-17(23)9-5-14)19(26)10-15-6-7-16(21)11-18(15)22/h4-9,11,13H,3,10,12H2,1-2H3,(H,24,27). The highest BCUT2D eigenvalue weighted by molar-refractivity contribution is 6.35. The first-order chi connectivity index (χ1) is 12.8. The van der Waals surface area contributed by atoms with Crippen LogP contribution in [0.5, 0.6) is 0 Å². The van der Waals surface area contributed by atoms with E-state index in [4.69, 9.17) is 23.2 Å². The molecule has 0 heterocycles. The summed E-state index contributed by atoms with van der Waals surface area (Å²) in [6, 6.07) is 10.1. The molecule has 0 radical (unpaired) electrons. The van der Waals surface area contributed by atoms with Gasteiger partial charge in [0.2, 0.25) is 11.8 Å². The molecule has 4 nitrogen and oxygen atoms in total. The van der Waals surface area contributed by atoms with Crippen LogP contribution in [0.2, 0.25) is 10.0 Å². The molecule has 2 rings (SSSR count). The lowest BCUT2D eigenvalue weighted by Gasteiger charge is -2.29. The summed E-state index contributed by atoms with van der Waals surface area (Å²) in [4.78, 5) is 26.7. The van der Waals surface area contributed by atoms with Gasteiger partial charge in [-0.1, -0.05) is 41.4 Å². The van der Waals surface area contributed by atoms with E-state index in [1.807, 2.05) is 6.92 Å². The Kier molecular flexibility index (Phi) is 7.63. The molecule has 0 aliphatic heterocycles. The van der Waals surface area contributed by atoms with E-state index in [2.05, 4.69) is 5.32 Å². The summed E-state index contributed by atoms with van der Waals surface area (Å²) in [5.74, 6) is -0.876. The number of rotatable bonds is 7. The van der Waals surface area contributed by atoms with E-state index >= 15 is 0 Å². The lowest BCUT2D eigenvalue weighted by Crippen LogP contribution is -2.48. The molecule has 1 atom stereocenters. The summed E-state index contributed by atoms with van der Waals surface area (Å²) in [7, 11) is 0. The highest BCUT2D eigenvalue weighted by atomic mass is 35.5. The molecule has 1 N–H and O–H groups in total. The van der Waals surface area contributed by atoms with Gasteiger partial charge in [-0.05, 0) is 49.2 Å². The third-order valence-corrected chi connectivity index (χ3v) is 4.73. The van der Waals surface area contributed by atoms with E-state index in [1.165, 1.54) is 17.0 Å². The van der Waals surface area contributed by atoms with Crippen LogP contribution in [0, 0.1) is 5.82 Å². The van der Waals surface area contributed by atoms with Crippen molar-refractivity contribution in [2.24, 2.45) is 0 Å². The fourth-order valence-electron chi connectivity index (χ4n) is 2.62. The minimum atomic E-state index is -0.687. The SMILES string of the molecule is CCNC(=O)C(C)N(Cc1ccc(F)cc1)C(=O)Cc1ccc(Cl)cc1Cl. The second kappa shape index (κ2) is 9.72. The van der Waals surface area contributed by atoms with E-state index < -0.39 is 6.04 Å². The molecular weight excluding hydrogens is 390 g/mol. The summed E-state index contributed by atoms with van der Waals surface area (Å²) >= 11 is 12.1. The predicted molar refractivity (Wildman–Crippen MR) is 105 cm³/mol. The van der Waals surface area contributed by atoms with Crippen LogP contribution in [0.15, 0.2) is 42.5 Å². The van der Waals surface area contributed by atoms with Crippen LogP contribution >= 0.6 is 23.2 Å². The van der Waals surface area contributed by atoms with Gasteiger partial charge in [0.25, 0.3) is 0 Å². The quantitative estimate of drug-likeness (QED) is 0.742. The Bertz CT molecular complexity index is 812. The Hall–Kier alpha value is -2.11. The maximum atomic E-state index is 13.2. The van der Waals surface area contributed by atoms with Crippen molar-refractivity contribution in [1.82, 2.24) is 10.2 Å². The van der Waals surface area contributed by atoms with Gasteiger partial charge in [0.15, 0.2) is 0 Å². The Morgan fingerprint density at radius 1 is 1.15 bits per heavy atom. The van der Waals surface area contributed by atoms with Crippen LogP contribution in [-0.2, 0) is 22.6 Å². The topological polar surface area (TPSA) is 49.4 Å². The number of carbonyl (C=O) groups excluding carboxylic acids is 2. The van der Waals surface area contributed by atoms with Crippen molar-refractivity contribution in [3.63, 3.8) is 0 Å². The molecule has 2 aromatic carbocycles. The highest BCUT2D eigenvalue weighted by Gasteiger charge is 2.26. The molecule has 0 fully saturated rings. The molecule has 2 amide bonds. The second-order valence-electron chi connectivity index (χ2n) is 6.13. The average Bonchev–Trinajstić information content (AvgIpc) is 2.63. The van der Waals surface area contributed by atoms with Crippen molar-refractivity contribution in [2.45, 2.75) is 32.9 Å². The zero-order valence-corrected chi connectivity index (χ0v) is 16.6. The van der Waals surface area contributed by atoms with Crippen LogP contribution in [0.4, 0.5) is 4.39 Å². The van der Waals surface area contributed by atoms with Gasteiger partial charge in [-0.3, -0.25) is 9.59 Å². The molecule has 2 aromatic rings. The van der Waals surface area contributed by atoms with Gasteiger partial charge in [0.05, 0.1) is 6.42 Å².